The Morgan fingerprint density at radius 1 is 1.00 bits per heavy atom. The summed E-state index contributed by atoms with van der Waals surface area (Å²) in [5, 5.41) is 59.4. The molecule has 11 nitrogen and oxygen atoms in total. The molecule has 1 aliphatic carbocycles. The molecule has 1 unspecified atom stereocenters. The first-order valence-electron chi connectivity index (χ1n) is 10.4. The normalized spacial score (nSPS) is 37.7. The van der Waals surface area contributed by atoms with Crippen molar-refractivity contribution in [3.63, 3.8) is 0 Å². The zero-order valence-electron chi connectivity index (χ0n) is 17.4. The second-order valence-corrected chi connectivity index (χ2v) is 8.12. The summed E-state index contributed by atoms with van der Waals surface area (Å²) in [6.07, 6.45) is -4.86. The Labute approximate surface area is 188 Å². The van der Waals surface area contributed by atoms with Gasteiger partial charge in [0.25, 0.3) is 0 Å². The van der Waals surface area contributed by atoms with E-state index in [2.05, 4.69) is 0 Å². The molecule has 2 heterocycles. The maximum absolute atomic E-state index is 12.3. The lowest BCUT2D eigenvalue weighted by Gasteiger charge is -2.42. The zero-order chi connectivity index (χ0) is 23.7. The molecule has 11 heteroatoms. The number of esters is 1. The molecule has 0 bridgehead atoms. The van der Waals surface area contributed by atoms with E-state index in [9.17, 15) is 35.4 Å². The second-order valence-electron chi connectivity index (χ2n) is 8.12. The summed E-state index contributed by atoms with van der Waals surface area (Å²) < 4.78 is 22.0. The number of hydrogen-bond acceptors (Lipinski definition) is 11. The predicted molar refractivity (Wildman–Crippen MR) is 108 cm³/mol. The minimum Gasteiger partial charge on any atom is -0.508 e. The van der Waals surface area contributed by atoms with E-state index in [0.717, 1.165) is 0 Å². The highest BCUT2D eigenvalue weighted by Gasteiger charge is 2.49. The van der Waals surface area contributed by atoms with Crippen LogP contribution in [0.5, 0.6) is 5.75 Å². The fourth-order valence-corrected chi connectivity index (χ4v) is 4.19. The summed E-state index contributed by atoms with van der Waals surface area (Å²) >= 11 is 0. The third-order valence-corrected chi connectivity index (χ3v) is 6.02. The van der Waals surface area contributed by atoms with Crippen LogP contribution < -0.4 is 0 Å². The van der Waals surface area contributed by atoms with E-state index in [1.165, 1.54) is 36.6 Å². The average Bonchev–Trinajstić information content (AvgIpc) is 3.14. The summed E-state index contributed by atoms with van der Waals surface area (Å²) in [4.78, 5) is 12.3. The molecule has 6 N–H and O–H groups in total. The Morgan fingerprint density at radius 2 is 1.73 bits per heavy atom. The topological polar surface area (TPSA) is 175 Å². The highest BCUT2D eigenvalue weighted by atomic mass is 16.8. The van der Waals surface area contributed by atoms with Crippen LogP contribution in [0.4, 0.5) is 0 Å². The van der Waals surface area contributed by atoms with Gasteiger partial charge in [-0.2, -0.15) is 0 Å². The molecule has 1 aromatic carbocycles. The van der Waals surface area contributed by atoms with Crippen LogP contribution in [-0.2, 0) is 18.9 Å². The molecular weight excluding hydrogens is 440 g/mol. The van der Waals surface area contributed by atoms with E-state index < -0.39 is 67.5 Å². The quantitative estimate of drug-likeness (QED) is 0.219. The van der Waals surface area contributed by atoms with Gasteiger partial charge in [0.1, 0.15) is 36.8 Å². The Bertz CT molecular complexity index is 896. The first-order valence-corrected chi connectivity index (χ1v) is 10.4. The molecule has 9 atom stereocenters. The van der Waals surface area contributed by atoms with Gasteiger partial charge in [0.2, 0.25) is 6.29 Å². The van der Waals surface area contributed by atoms with Crippen LogP contribution in [0.25, 0.3) is 0 Å². The Morgan fingerprint density at radius 3 is 2.42 bits per heavy atom. The number of hydrogen-bond donors (Lipinski definition) is 6. The number of aliphatic hydroxyl groups is 5. The summed E-state index contributed by atoms with van der Waals surface area (Å²) in [7, 11) is 0. The number of ether oxygens (including phenoxy) is 4. The number of benzene rings is 1. The lowest BCUT2D eigenvalue weighted by molar-refractivity contribution is -0.339. The van der Waals surface area contributed by atoms with E-state index in [1.807, 2.05) is 0 Å². The van der Waals surface area contributed by atoms with Crippen LogP contribution in [0.3, 0.4) is 0 Å². The van der Waals surface area contributed by atoms with Crippen LogP contribution in [-0.4, -0.2) is 92.9 Å². The van der Waals surface area contributed by atoms with Crippen LogP contribution >= 0.6 is 0 Å². The van der Waals surface area contributed by atoms with Crippen LogP contribution in [0.1, 0.15) is 10.4 Å². The van der Waals surface area contributed by atoms with E-state index in [-0.39, 0.29) is 17.9 Å². The summed E-state index contributed by atoms with van der Waals surface area (Å²) in [6, 6.07) is 5.54. The highest BCUT2D eigenvalue weighted by Crippen LogP contribution is 2.41. The molecule has 180 valence electrons. The maximum atomic E-state index is 12.3. The lowest BCUT2D eigenvalue weighted by Crippen LogP contribution is -2.60. The smallest absolute Gasteiger partial charge is 0.338 e. The van der Waals surface area contributed by atoms with Crippen molar-refractivity contribution in [3.05, 3.63) is 53.8 Å². The number of carbonyl (C=O) groups excluding carboxylic acids is 1. The fraction of sp³-hybridized carbons (Fsp3) is 0.500. The number of phenols is 1. The van der Waals surface area contributed by atoms with Crippen molar-refractivity contribution >= 4 is 5.97 Å². The molecule has 0 amide bonds. The fourth-order valence-electron chi connectivity index (χ4n) is 4.19. The van der Waals surface area contributed by atoms with Crippen molar-refractivity contribution in [2.45, 2.75) is 43.1 Å². The maximum Gasteiger partial charge on any atom is 0.338 e. The van der Waals surface area contributed by atoms with Crippen molar-refractivity contribution < 1.29 is 54.4 Å². The van der Waals surface area contributed by atoms with Crippen molar-refractivity contribution in [1.29, 1.82) is 0 Å². The Hall–Kier alpha value is -2.51. The van der Waals surface area contributed by atoms with Gasteiger partial charge < -0.3 is 49.6 Å². The number of rotatable bonds is 6. The number of aromatic hydroxyl groups is 1. The SMILES string of the molecule is O=C(OCC1=CC(O)[C@@H]2C=CO[C@@H](O[C@@H]3O[C@H](CO)[C@@H](O)[C@H](O)[C@H]3O)[C@H]12)c1ccc(O)cc1. The summed E-state index contributed by atoms with van der Waals surface area (Å²) in [5.74, 6) is -1.69. The second kappa shape index (κ2) is 9.77. The Kier molecular flexibility index (Phi) is 7.00. The molecule has 1 saturated heterocycles. The highest BCUT2D eigenvalue weighted by molar-refractivity contribution is 5.89. The van der Waals surface area contributed by atoms with E-state index >= 15 is 0 Å². The number of carbonyl (C=O) groups is 1. The van der Waals surface area contributed by atoms with Crippen molar-refractivity contribution in [2.75, 3.05) is 13.2 Å². The molecule has 0 aromatic heterocycles. The average molecular weight is 466 g/mol. The molecule has 33 heavy (non-hydrogen) atoms. The van der Waals surface area contributed by atoms with Gasteiger partial charge >= 0.3 is 5.97 Å². The zero-order valence-corrected chi connectivity index (χ0v) is 17.4. The number of aliphatic hydroxyl groups excluding tert-OH is 5. The predicted octanol–water partition coefficient (Wildman–Crippen LogP) is -1.23. The van der Waals surface area contributed by atoms with Crippen molar-refractivity contribution in [3.8, 4) is 5.75 Å². The summed E-state index contributed by atoms with van der Waals surface area (Å²) in [6.45, 7) is -0.789. The third-order valence-electron chi connectivity index (χ3n) is 6.02. The minimum atomic E-state index is -1.62. The van der Waals surface area contributed by atoms with Gasteiger partial charge in [-0.1, -0.05) is 6.08 Å². The molecule has 0 spiro atoms. The van der Waals surface area contributed by atoms with Crippen molar-refractivity contribution in [2.24, 2.45) is 11.8 Å². The van der Waals surface area contributed by atoms with Gasteiger partial charge in [-0.3, -0.25) is 0 Å². The molecule has 2 aliphatic heterocycles. The van der Waals surface area contributed by atoms with Gasteiger partial charge in [0.05, 0.1) is 30.5 Å². The molecule has 1 fully saturated rings. The molecule has 0 radical (unpaired) electrons. The lowest BCUT2D eigenvalue weighted by atomic mass is 9.88. The molecule has 0 saturated carbocycles. The van der Waals surface area contributed by atoms with Crippen molar-refractivity contribution in [1.82, 2.24) is 0 Å². The van der Waals surface area contributed by atoms with Gasteiger partial charge in [0, 0.05) is 5.92 Å². The van der Waals surface area contributed by atoms with E-state index in [1.54, 1.807) is 6.08 Å². The van der Waals surface area contributed by atoms with E-state index in [4.69, 9.17) is 18.9 Å². The number of phenolic OH excluding ortho intramolecular Hbond substituents is 1. The van der Waals surface area contributed by atoms with Crippen LogP contribution in [0.15, 0.2) is 48.3 Å². The first kappa shape index (κ1) is 23.6. The minimum absolute atomic E-state index is 0.00957. The van der Waals surface area contributed by atoms with Gasteiger partial charge in [-0.05, 0) is 35.9 Å². The van der Waals surface area contributed by atoms with Crippen LogP contribution in [0, 0.1) is 11.8 Å². The summed E-state index contributed by atoms with van der Waals surface area (Å²) in [5.41, 5.74) is 0.746. The molecule has 1 aromatic rings. The Balaban J connectivity index is 1.45. The third kappa shape index (κ3) is 4.75. The van der Waals surface area contributed by atoms with Crippen LogP contribution in [0.2, 0.25) is 0 Å². The first-order chi connectivity index (χ1) is 15.8. The van der Waals surface area contributed by atoms with Gasteiger partial charge in [-0.15, -0.1) is 0 Å². The van der Waals surface area contributed by atoms with Gasteiger partial charge in [-0.25, -0.2) is 4.79 Å². The molecular formula is C22H26O11. The largest absolute Gasteiger partial charge is 0.508 e. The van der Waals surface area contributed by atoms with Gasteiger partial charge in [0.15, 0.2) is 6.29 Å². The molecule has 3 aliphatic rings. The monoisotopic (exact) mass is 466 g/mol. The number of fused-ring (bicyclic) bond motifs is 1. The van der Waals surface area contributed by atoms with E-state index in [0.29, 0.717) is 5.57 Å². The molecule has 4 rings (SSSR count). The standard InChI is InChI=1S/C22H26O11/c23-8-15-17(26)18(27)19(28)22(32-15)33-21-16-11(7-14(25)13(16)5-6-30-21)9-31-20(29)10-1-3-12(24)4-2-10/h1-7,13-19,21-28H,8-9H2/t13-,14?,15+,16+,17+,18-,19+,21-,22-/m0/s1.